The van der Waals surface area contributed by atoms with E-state index in [9.17, 15) is 0 Å². The number of rotatable bonds is 1. The van der Waals surface area contributed by atoms with Gasteiger partial charge in [-0.3, -0.25) is 0 Å². The lowest BCUT2D eigenvalue weighted by molar-refractivity contribution is 0.665. The number of aromatic nitrogens is 2. The molecule has 0 N–H and O–H groups in total. The van der Waals surface area contributed by atoms with E-state index in [0.717, 1.165) is 28.2 Å². The van der Waals surface area contributed by atoms with Crippen molar-refractivity contribution >= 4 is 21.9 Å². The highest BCUT2D eigenvalue weighted by Crippen LogP contribution is 2.41. The molecule has 26 heavy (non-hydrogen) atoms. The smallest absolute Gasteiger partial charge is 0.146 e. The molecule has 4 aromatic rings. The van der Waals surface area contributed by atoms with Crippen molar-refractivity contribution in [3.05, 3.63) is 51.3 Å². The van der Waals surface area contributed by atoms with E-state index in [1.807, 2.05) is 0 Å². The first-order chi connectivity index (χ1) is 12.2. The molecule has 0 atom stereocenters. The zero-order chi connectivity index (χ0) is 18.9. The quantitative estimate of drug-likeness (QED) is 0.414. The van der Waals surface area contributed by atoms with E-state index in [2.05, 4.69) is 72.2 Å². The van der Waals surface area contributed by atoms with Gasteiger partial charge in [-0.1, -0.05) is 0 Å². The number of hydrogen-bond donors (Lipinski definition) is 0. The summed E-state index contributed by atoms with van der Waals surface area (Å²) in [5, 5.41) is 2.44. The number of hydrogen-bond acceptors (Lipinski definition) is 2. The van der Waals surface area contributed by atoms with E-state index >= 15 is 0 Å². The number of nitrogens with zero attached hydrogens (tertiary/aromatic N) is 2. The fourth-order valence-electron chi connectivity index (χ4n) is 4.02. The molecule has 3 heteroatoms. The molecule has 2 heterocycles. The maximum Gasteiger partial charge on any atom is 0.146 e. The van der Waals surface area contributed by atoms with Crippen molar-refractivity contribution in [1.29, 1.82) is 0 Å². The minimum atomic E-state index is 0.940. The molecule has 0 bridgehead atoms. The largest absolute Gasteiger partial charge is 0.455 e. The van der Waals surface area contributed by atoms with Crippen molar-refractivity contribution < 1.29 is 4.42 Å². The first-order valence-corrected chi connectivity index (χ1v) is 9.15. The molecule has 0 aliphatic heterocycles. The molecule has 0 aliphatic rings. The van der Waals surface area contributed by atoms with E-state index in [1.54, 1.807) is 0 Å². The summed E-state index contributed by atoms with van der Waals surface area (Å²) in [6.45, 7) is 15.1. The van der Waals surface area contributed by atoms with Gasteiger partial charge in [0, 0.05) is 23.5 Å². The van der Waals surface area contributed by atoms with Crippen LogP contribution in [0.4, 0.5) is 0 Å². The van der Waals surface area contributed by atoms with Crippen molar-refractivity contribution in [3.63, 3.8) is 0 Å². The fraction of sp³-hybridized carbons (Fsp3) is 0.348. The molecule has 4 rings (SSSR count). The van der Waals surface area contributed by atoms with Crippen molar-refractivity contribution in [2.45, 2.75) is 48.5 Å². The number of fused-ring (bicyclic) bond motifs is 3. The van der Waals surface area contributed by atoms with Crippen LogP contribution in [0.5, 0.6) is 0 Å². The van der Waals surface area contributed by atoms with Gasteiger partial charge in [-0.05, 0) is 88.4 Å². The molecule has 0 spiro atoms. The van der Waals surface area contributed by atoms with Gasteiger partial charge in [0.05, 0.1) is 11.3 Å². The van der Waals surface area contributed by atoms with E-state index in [4.69, 9.17) is 9.40 Å². The first kappa shape index (κ1) is 16.9. The second-order valence-corrected chi connectivity index (χ2v) is 7.66. The average Bonchev–Trinajstić information content (AvgIpc) is 3.10. The van der Waals surface area contributed by atoms with Crippen molar-refractivity contribution in [3.8, 4) is 11.4 Å². The summed E-state index contributed by atoms with van der Waals surface area (Å²) in [6, 6.07) is 4.44. The molecule has 0 saturated heterocycles. The maximum absolute atomic E-state index is 6.49. The van der Waals surface area contributed by atoms with Crippen molar-refractivity contribution in [2.75, 3.05) is 0 Å². The Kier molecular flexibility index (Phi) is 3.56. The highest BCUT2D eigenvalue weighted by Gasteiger charge is 2.21. The number of imidazole rings is 1. The molecule has 134 valence electrons. The fourth-order valence-corrected chi connectivity index (χ4v) is 4.02. The Morgan fingerprint density at radius 3 is 2.08 bits per heavy atom. The minimum Gasteiger partial charge on any atom is -0.455 e. The number of furan rings is 1. The predicted octanol–water partition coefficient (Wildman–Crippen LogP) is 6.15. The molecule has 0 unspecified atom stereocenters. The van der Waals surface area contributed by atoms with Gasteiger partial charge in [0.2, 0.25) is 0 Å². The summed E-state index contributed by atoms with van der Waals surface area (Å²) in [5.74, 6) is 0.969. The van der Waals surface area contributed by atoms with Gasteiger partial charge in [0.15, 0.2) is 0 Å². The van der Waals surface area contributed by atoms with Crippen LogP contribution in [0.3, 0.4) is 0 Å². The minimum absolute atomic E-state index is 0.940. The predicted molar refractivity (Wildman–Crippen MR) is 109 cm³/mol. The molecular formula is C23H26N2O. The summed E-state index contributed by atoms with van der Waals surface area (Å²) in [7, 11) is 2.08. The molecule has 3 nitrogen and oxygen atoms in total. The molecule has 2 aromatic carbocycles. The number of benzene rings is 2. The summed E-state index contributed by atoms with van der Waals surface area (Å²) in [5.41, 5.74) is 11.7. The lowest BCUT2D eigenvalue weighted by Gasteiger charge is -2.09. The summed E-state index contributed by atoms with van der Waals surface area (Å²) >= 11 is 0. The molecular weight excluding hydrogens is 320 g/mol. The molecule has 0 aliphatic carbocycles. The van der Waals surface area contributed by atoms with Gasteiger partial charge in [0.1, 0.15) is 17.0 Å². The number of aryl methyl sites for hydroxylation is 4. The van der Waals surface area contributed by atoms with Crippen LogP contribution in [0.25, 0.3) is 33.3 Å². The third-order valence-corrected chi connectivity index (χ3v) is 6.20. The Bertz CT molecular complexity index is 1210. The highest BCUT2D eigenvalue weighted by molar-refractivity contribution is 6.12. The SMILES string of the molecule is Cc1cc(-c2nc(C)c(C)n2C)c2oc3c(C)c(C)c(C)c(C)c3c2c1. The molecule has 2 aromatic heterocycles. The van der Waals surface area contributed by atoms with E-state index < -0.39 is 0 Å². The van der Waals surface area contributed by atoms with Gasteiger partial charge in [0.25, 0.3) is 0 Å². The Morgan fingerprint density at radius 2 is 1.46 bits per heavy atom. The molecule has 0 saturated carbocycles. The first-order valence-electron chi connectivity index (χ1n) is 9.15. The lowest BCUT2D eigenvalue weighted by atomic mass is 9.93. The van der Waals surface area contributed by atoms with Crippen LogP contribution in [0, 0.1) is 48.5 Å². The van der Waals surface area contributed by atoms with Crippen LogP contribution < -0.4 is 0 Å². The van der Waals surface area contributed by atoms with Crippen LogP contribution in [0.15, 0.2) is 16.5 Å². The Balaban J connectivity index is 2.22. The van der Waals surface area contributed by atoms with Crippen LogP contribution in [-0.2, 0) is 7.05 Å². The third-order valence-electron chi connectivity index (χ3n) is 6.20. The highest BCUT2D eigenvalue weighted by atomic mass is 16.3. The zero-order valence-electron chi connectivity index (χ0n) is 17.0. The summed E-state index contributed by atoms with van der Waals surface area (Å²) in [4.78, 5) is 4.82. The van der Waals surface area contributed by atoms with Crippen LogP contribution in [0.2, 0.25) is 0 Å². The van der Waals surface area contributed by atoms with Crippen LogP contribution >= 0.6 is 0 Å². The Labute approximate surface area is 154 Å². The summed E-state index contributed by atoms with van der Waals surface area (Å²) in [6.07, 6.45) is 0. The van der Waals surface area contributed by atoms with Gasteiger partial charge in [-0.2, -0.15) is 0 Å². The molecule has 0 radical (unpaired) electrons. The average molecular weight is 346 g/mol. The monoisotopic (exact) mass is 346 g/mol. The standard InChI is InChI=1S/C23H26N2O/c1-11-9-18-20-14(4)12(2)13(3)15(5)21(20)26-22(18)19(10-11)23-24-16(6)17(7)25(23)8/h9-10H,1-8H3. The van der Waals surface area contributed by atoms with Crippen molar-refractivity contribution in [2.24, 2.45) is 7.05 Å². The van der Waals surface area contributed by atoms with Gasteiger partial charge >= 0.3 is 0 Å². The van der Waals surface area contributed by atoms with Crippen LogP contribution in [0.1, 0.15) is 39.2 Å². The Hall–Kier alpha value is -2.55. The zero-order valence-corrected chi connectivity index (χ0v) is 17.0. The summed E-state index contributed by atoms with van der Waals surface area (Å²) < 4.78 is 8.65. The second kappa shape index (κ2) is 5.47. The second-order valence-electron chi connectivity index (χ2n) is 7.66. The normalized spacial score (nSPS) is 11.8. The van der Waals surface area contributed by atoms with E-state index in [-0.39, 0.29) is 0 Å². The maximum atomic E-state index is 6.49. The lowest BCUT2D eigenvalue weighted by Crippen LogP contribution is -1.95. The van der Waals surface area contributed by atoms with E-state index in [1.165, 1.54) is 44.3 Å². The third kappa shape index (κ3) is 2.09. The molecule has 0 fully saturated rings. The topological polar surface area (TPSA) is 31.0 Å². The van der Waals surface area contributed by atoms with Crippen molar-refractivity contribution in [1.82, 2.24) is 9.55 Å². The Morgan fingerprint density at radius 1 is 0.808 bits per heavy atom. The van der Waals surface area contributed by atoms with Gasteiger partial charge in [-0.25, -0.2) is 4.98 Å². The van der Waals surface area contributed by atoms with Gasteiger partial charge < -0.3 is 8.98 Å². The molecule has 0 amide bonds. The van der Waals surface area contributed by atoms with E-state index in [0.29, 0.717) is 0 Å². The van der Waals surface area contributed by atoms with Crippen LogP contribution in [-0.4, -0.2) is 9.55 Å². The van der Waals surface area contributed by atoms with Gasteiger partial charge in [-0.15, -0.1) is 0 Å².